The van der Waals surface area contributed by atoms with Gasteiger partial charge in [-0.1, -0.05) is 176 Å². The Labute approximate surface area is 337 Å². The molecular weight excluding hydrogens is 703 g/mol. The van der Waals surface area contributed by atoms with E-state index < -0.39 is 0 Å². The van der Waals surface area contributed by atoms with Crippen LogP contribution in [-0.4, -0.2) is 0 Å². The first-order valence-corrected chi connectivity index (χ1v) is 19.8. The maximum atomic E-state index is 6.58. The molecule has 11 rings (SSSR count). The van der Waals surface area contributed by atoms with Gasteiger partial charge < -0.3 is 9.32 Å². The van der Waals surface area contributed by atoms with Gasteiger partial charge in [0, 0.05) is 27.7 Å². The molecule has 10 aromatic carbocycles. The molecule has 2 nitrogen and oxygen atoms in total. The summed E-state index contributed by atoms with van der Waals surface area (Å²) in [5.74, 6) is 0. The molecule has 0 aliphatic heterocycles. The van der Waals surface area contributed by atoms with Crippen LogP contribution in [0.25, 0.3) is 88.0 Å². The molecule has 0 spiro atoms. The molecule has 0 saturated carbocycles. The molecule has 0 bridgehead atoms. The summed E-state index contributed by atoms with van der Waals surface area (Å²) in [7, 11) is 0. The number of nitrogens with zero attached hydrogens (tertiary/aromatic N) is 1. The van der Waals surface area contributed by atoms with Crippen LogP contribution in [0.15, 0.2) is 229 Å². The van der Waals surface area contributed by atoms with Crippen molar-refractivity contribution in [3.8, 4) is 44.5 Å². The third-order valence-corrected chi connectivity index (χ3v) is 11.5. The lowest BCUT2D eigenvalue weighted by Gasteiger charge is -2.29. The van der Waals surface area contributed by atoms with Crippen LogP contribution in [-0.2, 0) is 0 Å². The number of benzene rings is 10. The first kappa shape index (κ1) is 33.6. The fraction of sp³-hybridized carbons (Fsp3) is 0. The lowest BCUT2D eigenvalue weighted by atomic mass is 9.90. The molecule has 272 valence electrons. The van der Waals surface area contributed by atoms with Crippen molar-refractivity contribution in [1.29, 1.82) is 0 Å². The van der Waals surface area contributed by atoms with Crippen LogP contribution in [0.4, 0.5) is 17.1 Å². The summed E-state index contributed by atoms with van der Waals surface area (Å²) in [6, 6.07) is 80.7. The van der Waals surface area contributed by atoms with Crippen LogP contribution >= 0.6 is 0 Å². The zero-order valence-electron chi connectivity index (χ0n) is 31.7. The second-order valence-corrected chi connectivity index (χ2v) is 14.8. The highest BCUT2D eigenvalue weighted by atomic mass is 16.3. The molecule has 0 unspecified atom stereocenters. The van der Waals surface area contributed by atoms with E-state index >= 15 is 0 Å². The second-order valence-electron chi connectivity index (χ2n) is 14.8. The lowest BCUT2D eigenvalue weighted by Crippen LogP contribution is -2.11. The highest BCUT2D eigenvalue weighted by Gasteiger charge is 2.24. The largest absolute Gasteiger partial charge is 0.456 e. The van der Waals surface area contributed by atoms with E-state index in [1.807, 2.05) is 6.07 Å². The molecule has 2 heteroatoms. The maximum absolute atomic E-state index is 6.58. The zero-order valence-corrected chi connectivity index (χ0v) is 31.7. The molecule has 11 aromatic rings. The molecule has 0 atom stereocenters. The maximum Gasteiger partial charge on any atom is 0.136 e. The average molecular weight is 740 g/mol. The van der Waals surface area contributed by atoms with Crippen LogP contribution in [0.1, 0.15) is 0 Å². The molecule has 0 aliphatic rings. The van der Waals surface area contributed by atoms with E-state index in [9.17, 15) is 0 Å². The van der Waals surface area contributed by atoms with Gasteiger partial charge in [0.15, 0.2) is 0 Å². The lowest BCUT2D eigenvalue weighted by molar-refractivity contribution is 0.669. The Morgan fingerprint density at radius 2 is 0.828 bits per heavy atom. The first-order chi connectivity index (χ1) is 28.8. The molecule has 1 heterocycles. The fourth-order valence-electron chi connectivity index (χ4n) is 8.78. The van der Waals surface area contributed by atoms with Gasteiger partial charge in [-0.3, -0.25) is 0 Å². The van der Waals surface area contributed by atoms with Crippen molar-refractivity contribution in [3.63, 3.8) is 0 Å². The van der Waals surface area contributed by atoms with Crippen molar-refractivity contribution < 1.29 is 4.42 Å². The van der Waals surface area contributed by atoms with Crippen molar-refractivity contribution >= 4 is 60.5 Å². The second kappa shape index (κ2) is 14.1. The summed E-state index contributed by atoms with van der Waals surface area (Å²) >= 11 is 0. The Morgan fingerprint density at radius 3 is 1.55 bits per heavy atom. The van der Waals surface area contributed by atoms with E-state index in [0.29, 0.717) is 0 Å². The number of rotatable bonds is 7. The SMILES string of the molecule is c1ccc(-c2ccc(N(c3ccc(-c4cc5ccccc5c5ccccc45)cc3)c3ccc4oc5ccccc5c4c3-c3ccccc3-c3ccccc3)cc2)cc1. The Hall–Kier alpha value is -7.68. The standard InChI is InChI=1S/C56H37NO/c1-3-15-38(16-4-1)39-27-31-43(32-28-39)57(44-33-29-41(30-34-44)51-37-42-19-7-8-21-46(42)47-22-10-11-23-48(47)51)52-35-36-54-56(50-25-13-14-26-53(50)58-54)55(52)49-24-12-9-20-45(49)40-17-5-2-6-18-40/h1-37H. The van der Waals surface area contributed by atoms with Gasteiger partial charge in [-0.2, -0.15) is 0 Å². The molecule has 0 radical (unpaired) electrons. The summed E-state index contributed by atoms with van der Waals surface area (Å²) < 4.78 is 6.58. The normalized spacial score (nSPS) is 11.4. The van der Waals surface area contributed by atoms with Gasteiger partial charge in [0.1, 0.15) is 11.2 Å². The first-order valence-electron chi connectivity index (χ1n) is 19.8. The van der Waals surface area contributed by atoms with Crippen LogP contribution in [0.3, 0.4) is 0 Å². The monoisotopic (exact) mass is 739 g/mol. The van der Waals surface area contributed by atoms with Crippen molar-refractivity contribution in [2.24, 2.45) is 0 Å². The number of fused-ring (bicyclic) bond motifs is 6. The molecule has 0 amide bonds. The van der Waals surface area contributed by atoms with Gasteiger partial charge in [-0.05, 0) is 109 Å². The molecule has 0 aliphatic carbocycles. The van der Waals surface area contributed by atoms with E-state index in [-0.39, 0.29) is 0 Å². The predicted octanol–water partition coefficient (Wildman–Crippen LogP) is 16.0. The summed E-state index contributed by atoms with van der Waals surface area (Å²) in [4.78, 5) is 2.41. The highest BCUT2D eigenvalue weighted by molar-refractivity contribution is 6.18. The minimum Gasteiger partial charge on any atom is -0.456 e. The number of hydrogen-bond acceptors (Lipinski definition) is 2. The molecule has 0 N–H and O–H groups in total. The Kier molecular flexibility index (Phi) is 8.19. The molecular formula is C56H37NO. The predicted molar refractivity (Wildman–Crippen MR) is 245 cm³/mol. The van der Waals surface area contributed by atoms with Crippen molar-refractivity contribution in [2.75, 3.05) is 4.90 Å². The summed E-state index contributed by atoms with van der Waals surface area (Å²) in [6.45, 7) is 0. The van der Waals surface area contributed by atoms with Gasteiger partial charge in [-0.15, -0.1) is 0 Å². The fourth-order valence-corrected chi connectivity index (χ4v) is 8.78. The minimum atomic E-state index is 0.862. The average Bonchev–Trinajstić information content (AvgIpc) is 3.69. The third-order valence-electron chi connectivity index (χ3n) is 11.5. The van der Waals surface area contributed by atoms with Gasteiger partial charge in [-0.25, -0.2) is 0 Å². The Morgan fingerprint density at radius 1 is 0.310 bits per heavy atom. The zero-order chi connectivity index (χ0) is 38.4. The van der Waals surface area contributed by atoms with Crippen molar-refractivity contribution in [3.05, 3.63) is 224 Å². The summed E-state index contributed by atoms with van der Waals surface area (Å²) in [5, 5.41) is 7.22. The summed E-state index contributed by atoms with van der Waals surface area (Å²) in [5.41, 5.74) is 14.3. The molecule has 58 heavy (non-hydrogen) atoms. The van der Waals surface area contributed by atoms with E-state index in [4.69, 9.17) is 4.42 Å². The minimum absolute atomic E-state index is 0.862. The summed E-state index contributed by atoms with van der Waals surface area (Å²) in [6.07, 6.45) is 0. The topological polar surface area (TPSA) is 16.4 Å². The van der Waals surface area contributed by atoms with Gasteiger partial charge in [0.25, 0.3) is 0 Å². The molecule has 0 saturated heterocycles. The van der Waals surface area contributed by atoms with E-state index in [2.05, 4.69) is 223 Å². The van der Waals surface area contributed by atoms with Crippen LogP contribution in [0.2, 0.25) is 0 Å². The van der Waals surface area contributed by atoms with Crippen LogP contribution in [0.5, 0.6) is 0 Å². The van der Waals surface area contributed by atoms with E-state index in [0.717, 1.165) is 50.1 Å². The number of hydrogen-bond donors (Lipinski definition) is 0. The van der Waals surface area contributed by atoms with Crippen molar-refractivity contribution in [1.82, 2.24) is 0 Å². The van der Waals surface area contributed by atoms with Crippen LogP contribution in [0, 0.1) is 0 Å². The number of para-hydroxylation sites is 1. The van der Waals surface area contributed by atoms with Crippen molar-refractivity contribution in [2.45, 2.75) is 0 Å². The van der Waals surface area contributed by atoms with Gasteiger partial charge in [0.2, 0.25) is 0 Å². The van der Waals surface area contributed by atoms with Gasteiger partial charge in [0.05, 0.1) is 5.69 Å². The number of anilines is 3. The van der Waals surface area contributed by atoms with E-state index in [1.165, 1.54) is 54.9 Å². The van der Waals surface area contributed by atoms with Crippen LogP contribution < -0.4 is 4.90 Å². The molecule has 0 fully saturated rings. The van der Waals surface area contributed by atoms with E-state index in [1.54, 1.807) is 0 Å². The molecule has 1 aromatic heterocycles. The third kappa shape index (κ3) is 5.74. The quantitative estimate of drug-likeness (QED) is 0.151. The number of furan rings is 1. The Balaban J connectivity index is 1.16. The smallest absolute Gasteiger partial charge is 0.136 e. The highest BCUT2D eigenvalue weighted by Crippen LogP contribution is 2.49. The Bertz CT molecular complexity index is 3250. The van der Waals surface area contributed by atoms with Gasteiger partial charge >= 0.3 is 0 Å².